The molecule has 2 saturated heterocycles. The molecule has 0 aromatic heterocycles. The molecular formula is C29H39N3O5. The average molecular weight is 510 g/mol. The minimum atomic E-state index is -1.14. The first-order valence-electron chi connectivity index (χ1n) is 13.7. The number of rotatable bonds is 7. The second kappa shape index (κ2) is 9.78. The lowest BCUT2D eigenvalue weighted by Gasteiger charge is -2.39. The fraction of sp³-hybridized carbons (Fsp3) is 0.621. The summed E-state index contributed by atoms with van der Waals surface area (Å²) in [7, 11) is 1.59. The molecule has 3 fully saturated rings. The van der Waals surface area contributed by atoms with Crippen LogP contribution in [0.25, 0.3) is 0 Å². The molecule has 3 amide bonds. The monoisotopic (exact) mass is 509 g/mol. The summed E-state index contributed by atoms with van der Waals surface area (Å²) in [6, 6.07) is 6.18. The number of nitrogens with one attached hydrogen (secondary N) is 2. The summed E-state index contributed by atoms with van der Waals surface area (Å²) in [5.74, 6) is -0.506. The topological polar surface area (TPSA) is 97.0 Å². The quantitative estimate of drug-likeness (QED) is 0.548. The van der Waals surface area contributed by atoms with Gasteiger partial charge in [0.1, 0.15) is 17.4 Å². The normalized spacial score (nSPS) is 36.8. The number of amides is 3. The molecule has 3 heterocycles. The van der Waals surface area contributed by atoms with E-state index in [0.717, 1.165) is 12.8 Å². The van der Waals surface area contributed by atoms with Crippen LogP contribution >= 0.6 is 0 Å². The van der Waals surface area contributed by atoms with Gasteiger partial charge in [0.05, 0.1) is 25.0 Å². The number of methoxy groups -OCH3 is 1. The number of nitrogens with zero attached hydrogens (tertiary/aromatic N) is 1. The molecule has 1 saturated carbocycles. The molecule has 4 aliphatic rings. The van der Waals surface area contributed by atoms with Crippen molar-refractivity contribution in [2.24, 2.45) is 23.7 Å². The number of carbonyl (C=O) groups is 3. The molecule has 5 rings (SSSR count). The highest BCUT2D eigenvalue weighted by Gasteiger charge is 2.73. The molecule has 1 aliphatic carbocycles. The Hall–Kier alpha value is -2.87. The molecule has 0 unspecified atom stereocenters. The van der Waals surface area contributed by atoms with E-state index in [4.69, 9.17) is 9.47 Å². The van der Waals surface area contributed by atoms with E-state index in [2.05, 4.69) is 24.5 Å². The van der Waals surface area contributed by atoms with Gasteiger partial charge in [0, 0.05) is 17.8 Å². The van der Waals surface area contributed by atoms with Crippen molar-refractivity contribution in [3.8, 4) is 5.75 Å². The van der Waals surface area contributed by atoms with Gasteiger partial charge in [-0.1, -0.05) is 45.8 Å². The maximum absolute atomic E-state index is 14.0. The molecule has 2 N–H and O–H groups in total. The molecule has 200 valence electrons. The third-order valence-corrected chi connectivity index (χ3v) is 9.32. The molecule has 37 heavy (non-hydrogen) atoms. The second-order valence-corrected chi connectivity index (χ2v) is 11.3. The molecule has 8 nitrogen and oxygen atoms in total. The summed E-state index contributed by atoms with van der Waals surface area (Å²) < 4.78 is 11.6. The summed E-state index contributed by atoms with van der Waals surface area (Å²) in [5, 5.41) is 6.24. The van der Waals surface area contributed by atoms with Crippen LogP contribution in [0, 0.1) is 23.7 Å². The van der Waals surface area contributed by atoms with E-state index in [0.29, 0.717) is 29.7 Å². The average Bonchev–Trinajstić information content (AvgIpc) is 3.54. The summed E-state index contributed by atoms with van der Waals surface area (Å²) in [4.78, 5) is 43.2. The zero-order valence-electron chi connectivity index (χ0n) is 22.4. The van der Waals surface area contributed by atoms with E-state index >= 15 is 0 Å². The number of hydrogen-bond donors (Lipinski definition) is 2. The van der Waals surface area contributed by atoms with Crippen LogP contribution in [-0.2, 0) is 19.1 Å². The highest BCUT2D eigenvalue weighted by Crippen LogP contribution is 2.56. The SMILES string of the molecule is CC[C@H](C)N1C(=O)[C@H]2[C@H](C(=O)Nc3ccc(OC)cc3)[C@H]3C=C[C@@]2(O3)[C@@H]1C(=O)N[C@@H]1CCC[C@H](C)[C@@H]1C. The lowest BCUT2D eigenvalue weighted by Crippen LogP contribution is -2.59. The second-order valence-electron chi connectivity index (χ2n) is 11.3. The molecule has 0 radical (unpaired) electrons. The molecule has 2 bridgehead atoms. The molecule has 9 atom stereocenters. The lowest BCUT2D eigenvalue weighted by molar-refractivity contribution is -0.144. The van der Waals surface area contributed by atoms with Crippen molar-refractivity contribution in [2.75, 3.05) is 12.4 Å². The van der Waals surface area contributed by atoms with Gasteiger partial charge in [-0.05, 0) is 55.9 Å². The van der Waals surface area contributed by atoms with Gasteiger partial charge in [-0.3, -0.25) is 14.4 Å². The molecule has 1 spiro atoms. The molecule has 8 heteroatoms. The number of carbonyl (C=O) groups excluding carboxylic acids is 3. The van der Waals surface area contributed by atoms with Gasteiger partial charge in [-0.2, -0.15) is 0 Å². The Morgan fingerprint density at radius 1 is 1.19 bits per heavy atom. The van der Waals surface area contributed by atoms with Crippen LogP contribution in [0.3, 0.4) is 0 Å². The van der Waals surface area contributed by atoms with Gasteiger partial charge >= 0.3 is 0 Å². The lowest BCUT2D eigenvalue weighted by atomic mass is 9.73. The Kier molecular flexibility index (Phi) is 6.81. The van der Waals surface area contributed by atoms with E-state index in [-0.39, 0.29) is 29.8 Å². The van der Waals surface area contributed by atoms with Gasteiger partial charge in [0.2, 0.25) is 17.7 Å². The zero-order chi connectivity index (χ0) is 26.5. The Morgan fingerprint density at radius 2 is 1.92 bits per heavy atom. The van der Waals surface area contributed by atoms with Crippen LogP contribution in [0.5, 0.6) is 5.75 Å². The highest BCUT2D eigenvalue weighted by atomic mass is 16.5. The molecular weight excluding hydrogens is 470 g/mol. The van der Waals surface area contributed by atoms with Crippen LogP contribution in [-0.4, -0.2) is 59.6 Å². The largest absolute Gasteiger partial charge is 0.497 e. The van der Waals surface area contributed by atoms with E-state index in [1.165, 1.54) is 6.42 Å². The molecule has 1 aromatic carbocycles. The van der Waals surface area contributed by atoms with Crippen molar-refractivity contribution < 1.29 is 23.9 Å². The predicted molar refractivity (Wildman–Crippen MR) is 140 cm³/mol. The number of hydrogen-bond acceptors (Lipinski definition) is 5. The van der Waals surface area contributed by atoms with Crippen LogP contribution in [0.15, 0.2) is 36.4 Å². The fourth-order valence-electron chi connectivity index (χ4n) is 6.82. The van der Waals surface area contributed by atoms with Crippen molar-refractivity contribution in [3.63, 3.8) is 0 Å². The van der Waals surface area contributed by atoms with Gasteiger partial charge in [-0.25, -0.2) is 0 Å². The van der Waals surface area contributed by atoms with Crippen molar-refractivity contribution >= 4 is 23.4 Å². The van der Waals surface area contributed by atoms with E-state index in [1.807, 2.05) is 26.0 Å². The minimum Gasteiger partial charge on any atom is -0.497 e. The number of likely N-dealkylation sites (tertiary alicyclic amines) is 1. The fourth-order valence-corrected chi connectivity index (χ4v) is 6.82. The van der Waals surface area contributed by atoms with Crippen LogP contribution in [0.4, 0.5) is 5.69 Å². The number of anilines is 1. The smallest absolute Gasteiger partial charge is 0.246 e. The van der Waals surface area contributed by atoms with Crippen molar-refractivity contribution in [1.82, 2.24) is 10.2 Å². The Bertz CT molecular complexity index is 1090. The Balaban J connectivity index is 1.43. The summed E-state index contributed by atoms with van der Waals surface area (Å²) in [5.41, 5.74) is -0.522. The number of fused-ring (bicyclic) bond motifs is 1. The van der Waals surface area contributed by atoms with Crippen molar-refractivity contribution in [3.05, 3.63) is 36.4 Å². The maximum atomic E-state index is 14.0. The van der Waals surface area contributed by atoms with Gasteiger partial charge in [0.15, 0.2) is 0 Å². The van der Waals surface area contributed by atoms with Crippen molar-refractivity contribution in [2.45, 2.75) is 83.2 Å². The highest BCUT2D eigenvalue weighted by molar-refractivity contribution is 6.03. The summed E-state index contributed by atoms with van der Waals surface area (Å²) >= 11 is 0. The Morgan fingerprint density at radius 3 is 2.59 bits per heavy atom. The standard InChI is InChI=1S/C29H39N3O5/c1-6-17(3)32-25(27(34)31-21-9-7-8-16(2)18(21)4)29-15-14-22(37-29)23(24(29)28(32)35)26(33)30-19-10-12-20(36-5)13-11-19/h10-18,21-25H,6-9H2,1-5H3,(H,30,33)(H,31,34)/t16-,17-,18-,21+,22+,23+,24+,25-,29-/m0/s1. The maximum Gasteiger partial charge on any atom is 0.246 e. The van der Waals surface area contributed by atoms with Crippen molar-refractivity contribution in [1.29, 1.82) is 0 Å². The first kappa shape index (κ1) is 25.8. The third kappa shape index (κ3) is 4.13. The van der Waals surface area contributed by atoms with Gasteiger partial charge in [0.25, 0.3) is 0 Å². The predicted octanol–water partition coefficient (Wildman–Crippen LogP) is 3.52. The third-order valence-electron chi connectivity index (χ3n) is 9.32. The van der Waals surface area contributed by atoms with Crippen LogP contribution in [0.1, 0.15) is 53.4 Å². The van der Waals surface area contributed by atoms with Gasteiger partial charge in [-0.15, -0.1) is 0 Å². The zero-order valence-corrected chi connectivity index (χ0v) is 22.4. The van der Waals surface area contributed by atoms with Gasteiger partial charge < -0.3 is 25.0 Å². The van der Waals surface area contributed by atoms with E-state index in [1.54, 1.807) is 36.3 Å². The number of benzene rings is 1. The van der Waals surface area contributed by atoms with Crippen LogP contribution in [0.2, 0.25) is 0 Å². The van der Waals surface area contributed by atoms with Crippen LogP contribution < -0.4 is 15.4 Å². The molecule has 1 aromatic rings. The first-order valence-corrected chi connectivity index (χ1v) is 13.7. The van der Waals surface area contributed by atoms with E-state index < -0.39 is 29.6 Å². The Labute approximate surface area is 219 Å². The summed E-state index contributed by atoms with van der Waals surface area (Å²) in [6.07, 6.45) is 7.06. The molecule has 3 aliphatic heterocycles. The number of ether oxygens (including phenoxy) is 2. The summed E-state index contributed by atoms with van der Waals surface area (Å²) in [6.45, 7) is 8.40. The first-order chi connectivity index (χ1) is 17.7. The minimum absolute atomic E-state index is 0.0670. The van der Waals surface area contributed by atoms with E-state index in [9.17, 15) is 14.4 Å².